The van der Waals surface area contributed by atoms with Gasteiger partial charge in [0.15, 0.2) is 0 Å². The lowest BCUT2D eigenvalue weighted by atomic mass is 9.96. The van der Waals surface area contributed by atoms with E-state index in [4.69, 9.17) is 4.99 Å². The van der Waals surface area contributed by atoms with Crippen molar-refractivity contribution >= 4 is 29.5 Å². The van der Waals surface area contributed by atoms with Crippen molar-refractivity contribution < 1.29 is 14.4 Å². The molecular weight excluding hydrogens is 392 g/mol. The highest BCUT2D eigenvalue weighted by Crippen LogP contribution is 2.37. The number of hydrogen-bond donors (Lipinski definition) is 1. The Morgan fingerprint density at radius 1 is 1.10 bits per heavy atom. The van der Waals surface area contributed by atoms with Crippen LogP contribution in [0.15, 0.2) is 72.0 Å². The van der Waals surface area contributed by atoms with Crippen molar-refractivity contribution in [1.82, 2.24) is 10.3 Å². The largest absolute Gasteiger partial charge is 0.322 e. The molecule has 31 heavy (non-hydrogen) atoms. The first-order valence-corrected chi connectivity index (χ1v) is 9.93. The summed E-state index contributed by atoms with van der Waals surface area (Å²) < 4.78 is 0. The zero-order valence-electron chi connectivity index (χ0n) is 16.5. The second-order valence-electron chi connectivity index (χ2n) is 7.39. The van der Waals surface area contributed by atoms with Crippen LogP contribution in [0.3, 0.4) is 0 Å². The zero-order chi connectivity index (χ0) is 21.4. The number of nitrogens with one attached hydrogen (secondary N) is 1. The highest BCUT2D eigenvalue weighted by Gasteiger charge is 2.37. The molecule has 1 unspecified atom stereocenters. The number of amides is 2. The SMILES string of the molecule is O=Cc1cc2c3c(c1)C(c1ccccc1)=NC(NC(=O)c1ccncc1)C(=O)N3CC2. The molecule has 7 heteroatoms. The minimum absolute atomic E-state index is 0.299. The molecule has 7 nitrogen and oxygen atoms in total. The average molecular weight is 410 g/mol. The molecule has 0 saturated heterocycles. The van der Waals surface area contributed by atoms with Crippen molar-refractivity contribution in [2.75, 3.05) is 11.4 Å². The van der Waals surface area contributed by atoms with E-state index in [0.29, 0.717) is 29.8 Å². The molecule has 0 saturated carbocycles. The predicted octanol–water partition coefficient (Wildman–Crippen LogP) is 2.39. The molecule has 1 atom stereocenters. The summed E-state index contributed by atoms with van der Waals surface area (Å²) >= 11 is 0. The van der Waals surface area contributed by atoms with E-state index in [-0.39, 0.29) is 5.91 Å². The standard InChI is InChI=1S/C24H18N4O3/c29-14-15-12-18-8-11-28-21(18)19(13-15)20(16-4-2-1-3-5-16)26-22(24(28)31)27-23(30)17-6-9-25-10-7-17/h1-7,9-10,12-14,22H,8,11H2,(H,27,30). The lowest BCUT2D eigenvalue weighted by molar-refractivity contribution is -0.120. The van der Waals surface area contributed by atoms with Crippen molar-refractivity contribution in [1.29, 1.82) is 0 Å². The van der Waals surface area contributed by atoms with Gasteiger partial charge in [-0.15, -0.1) is 0 Å². The normalized spacial score (nSPS) is 16.9. The zero-order valence-corrected chi connectivity index (χ0v) is 16.5. The summed E-state index contributed by atoms with van der Waals surface area (Å²) in [5, 5.41) is 2.76. The van der Waals surface area contributed by atoms with Gasteiger partial charge in [0.2, 0.25) is 6.17 Å². The molecule has 0 bridgehead atoms. The maximum Gasteiger partial charge on any atom is 0.272 e. The van der Waals surface area contributed by atoms with Gasteiger partial charge in [0, 0.05) is 41.2 Å². The van der Waals surface area contributed by atoms with E-state index in [1.54, 1.807) is 23.1 Å². The molecule has 1 N–H and O–H groups in total. The van der Waals surface area contributed by atoms with Crippen LogP contribution in [0, 0.1) is 0 Å². The fourth-order valence-electron chi connectivity index (χ4n) is 4.07. The fourth-order valence-corrected chi connectivity index (χ4v) is 4.07. The van der Waals surface area contributed by atoms with E-state index in [9.17, 15) is 14.4 Å². The molecule has 0 spiro atoms. The minimum Gasteiger partial charge on any atom is -0.322 e. The number of benzene rings is 2. The number of aliphatic imine (C=N–C) groups is 1. The third-order valence-corrected chi connectivity index (χ3v) is 5.49. The highest BCUT2D eigenvalue weighted by atomic mass is 16.2. The second kappa shape index (κ2) is 7.60. The van der Waals surface area contributed by atoms with Gasteiger partial charge in [-0.2, -0.15) is 0 Å². The third-order valence-electron chi connectivity index (χ3n) is 5.49. The second-order valence-corrected chi connectivity index (χ2v) is 7.39. The number of anilines is 1. The molecule has 5 rings (SSSR count). The van der Waals surface area contributed by atoms with Crippen LogP contribution >= 0.6 is 0 Å². The molecule has 3 aromatic rings. The first kappa shape index (κ1) is 18.9. The Kier molecular flexibility index (Phi) is 4.63. The summed E-state index contributed by atoms with van der Waals surface area (Å²) in [6.45, 7) is 0.475. The van der Waals surface area contributed by atoms with E-state index < -0.39 is 12.1 Å². The monoisotopic (exact) mass is 410 g/mol. The van der Waals surface area contributed by atoms with E-state index in [2.05, 4.69) is 10.3 Å². The van der Waals surface area contributed by atoms with Gasteiger partial charge in [0.05, 0.1) is 11.4 Å². The van der Waals surface area contributed by atoms with Crippen LogP contribution in [0.25, 0.3) is 0 Å². The predicted molar refractivity (Wildman–Crippen MR) is 115 cm³/mol. The van der Waals surface area contributed by atoms with Gasteiger partial charge in [-0.25, -0.2) is 4.99 Å². The first-order chi connectivity index (χ1) is 15.2. The molecule has 0 aliphatic carbocycles. The Morgan fingerprint density at radius 2 is 1.87 bits per heavy atom. The van der Waals surface area contributed by atoms with E-state index in [0.717, 1.165) is 28.7 Å². The number of nitrogens with zero attached hydrogens (tertiary/aromatic N) is 3. The molecular formula is C24H18N4O3. The van der Waals surface area contributed by atoms with Crippen molar-refractivity contribution in [3.63, 3.8) is 0 Å². The van der Waals surface area contributed by atoms with Gasteiger partial charge >= 0.3 is 0 Å². The van der Waals surface area contributed by atoms with Crippen molar-refractivity contribution in [3.8, 4) is 0 Å². The number of carbonyl (C=O) groups excluding carboxylic acids is 3. The smallest absolute Gasteiger partial charge is 0.272 e. The molecule has 2 aliphatic heterocycles. The summed E-state index contributed by atoms with van der Waals surface area (Å²) in [5.41, 5.74) is 4.71. The molecule has 0 fully saturated rings. The molecule has 2 aromatic carbocycles. The molecule has 1 aromatic heterocycles. The van der Waals surface area contributed by atoms with Gasteiger partial charge in [0.25, 0.3) is 11.8 Å². The molecule has 3 heterocycles. The van der Waals surface area contributed by atoms with Gasteiger partial charge < -0.3 is 10.2 Å². The number of rotatable bonds is 4. The van der Waals surface area contributed by atoms with Crippen molar-refractivity contribution in [3.05, 3.63) is 94.8 Å². The Hall–Kier alpha value is -4.13. The third kappa shape index (κ3) is 3.30. The molecule has 2 amide bonds. The van der Waals surface area contributed by atoms with Gasteiger partial charge in [-0.3, -0.25) is 19.4 Å². The van der Waals surface area contributed by atoms with Gasteiger partial charge in [0.1, 0.15) is 6.29 Å². The summed E-state index contributed by atoms with van der Waals surface area (Å²) in [6.07, 6.45) is 3.40. The van der Waals surface area contributed by atoms with E-state index >= 15 is 0 Å². The van der Waals surface area contributed by atoms with Crippen LogP contribution in [0.5, 0.6) is 0 Å². The first-order valence-electron chi connectivity index (χ1n) is 9.93. The Balaban J connectivity index is 1.65. The van der Waals surface area contributed by atoms with Crippen LogP contribution in [0.1, 0.15) is 37.4 Å². The average Bonchev–Trinajstić information content (AvgIpc) is 3.21. The van der Waals surface area contributed by atoms with Crippen LogP contribution in [-0.2, 0) is 11.2 Å². The fraction of sp³-hybridized carbons (Fsp3) is 0.125. The summed E-state index contributed by atoms with van der Waals surface area (Å²) in [4.78, 5) is 48.0. The summed E-state index contributed by atoms with van der Waals surface area (Å²) in [6, 6.07) is 16.2. The lowest BCUT2D eigenvalue weighted by Crippen LogP contribution is -2.46. The number of pyridine rings is 1. The summed E-state index contributed by atoms with van der Waals surface area (Å²) in [5.74, 6) is -0.706. The Morgan fingerprint density at radius 3 is 2.61 bits per heavy atom. The molecule has 0 radical (unpaired) electrons. The number of aldehydes is 1. The van der Waals surface area contributed by atoms with Crippen LogP contribution in [0.2, 0.25) is 0 Å². The lowest BCUT2D eigenvalue weighted by Gasteiger charge is -2.21. The van der Waals surface area contributed by atoms with Crippen LogP contribution < -0.4 is 10.2 Å². The Bertz CT molecular complexity index is 1220. The number of aromatic nitrogens is 1. The van der Waals surface area contributed by atoms with Crippen LogP contribution in [0.4, 0.5) is 5.69 Å². The van der Waals surface area contributed by atoms with Crippen molar-refractivity contribution in [2.45, 2.75) is 12.6 Å². The maximum absolute atomic E-state index is 13.4. The summed E-state index contributed by atoms with van der Waals surface area (Å²) in [7, 11) is 0. The number of hydrogen-bond acceptors (Lipinski definition) is 5. The topological polar surface area (TPSA) is 91.7 Å². The Labute approximate surface area is 178 Å². The minimum atomic E-state index is -1.09. The molecule has 152 valence electrons. The van der Waals surface area contributed by atoms with Gasteiger partial charge in [-0.1, -0.05) is 30.3 Å². The maximum atomic E-state index is 13.4. The van der Waals surface area contributed by atoms with Gasteiger partial charge in [-0.05, 0) is 36.2 Å². The quantitative estimate of drug-likeness (QED) is 0.669. The molecule has 2 aliphatic rings. The van der Waals surface area contributed by atoms with Crippen molar-refractivity contribution in [2.24, 2.45) is 4.99 Å². The number of carbonyl (C=O) groups is 3. The van der Waals surface area contributed by atoms with Crippen LogP contribution in [-0.4, -0.2) is 41.5 Å². The van der Waals surface area contributed by atoms with E-state index in [1.807, 2.05) is 36.4 Å². The van der Waals surface area contributed by atoms with E-state index in [1.165, 1.54) is 12.4 Å². The highest BCUT2D eigenvalue weighted by molar-refractivity contribution is 6.21.